The number of rotatable bonds is 2. The Morgan fingerprint density at radius 3 is 2.96 bits per heavy atom. The number of carbonyl (C=O) groups is 1. The molecule has 2 aliphatic heterocycles. The van der Waals surface area contributed by atoms with E-state index in [1.165, 1.54) is 20.5 Å². The molecule has 0 saturated carbocycles. The molecule has 1 N–H and O–H groups in total. The summed E-state index contributed by atoms with van der Waals surface area (Å²) in [5, 5.41) is 4.46. The van der Waals surface area contributed by atoms with E-state index in [1.54, 1.807) is 0 Å². The molecule has 2 aromatic rings. The van der Waals surface area contributed by atoms with Crippen molar-refractivity contribution < 1.29 is 4.79 Å². The van der Waals surface area contributed by atoms with Crippen molar-refractivity contribution in [3.05, 3.63) is 34.7 Å². The summed E-state index contributed by atoms with van der Waals surface area (Å²) in [4.78, 5) is 18.4. The zero-order valence-corrected chi connectivity index (χ0v) is 16.0. The number of nitrogens with zero attached hydrogens (tertiary/aromatic N) is 2. The molecule has 1 aromatic carbocycles. The smallest absolute Gasteiger partial charge is 0.220 e. The number of benzene rings is 1. The number of thiophene rings is 1. The van der Waals surface area contributed by atoms with Crippen molar-refractivity contribution in [2.75, 3.05) is 33.2 Å². The van der Waals surface area contributed by atoms with Gasteiger partial charge in [0.25, 0.3) is 0 Å². The van der Waals surface area contributed by atoms with Crippen LogP contribution in [0.2, 0.25) is 0 Å². The number of piperazine rings is 1. The Bertz CT molecular complexity index is 786. The van der Waals surface area contributed by atoms with Crippen molar-refractivity contribution in [3.63, 3.8) is 0 Å². The first-order chi connectivity index (χ1) is 12.1. The van der Waals surface area contributed by atoms with Crippen molar-refractivity contribution in [1.82, 2.24) is 15.1 Å². The number of hydrogen-bond donors (Lipinski definition) is 1. The van der Waals surface area contributed by atoms with Gasteiger partial charge in [0.1, 0.15) is 0 Å². The van der Waals surface area contributed by atoms with E-state index in [0.29, 0.717) is 6.42 Å². The Balaban J connectivity index is 1.57. The van der Waals surface area contributed by atoms with Crippen LogP contribution >= 0.6 is 11.3 Å². The van der Waals surface area contributed by atoms with E-state index in [2.05, 4.69) is 53.4 Å². The fourth-order valence-corrected chi connectivity index (χ4v) is 5.53. The Hall–Kier alpha value is -1.43. The van der Waals surface area contributed by atoms with Crippen molar-refractivity contribution >= 4 is 27.3 Å². The molecule has 4 nitrogen and oxygen atoms in total. The van der Waals surface area contributed by atoms with Crippen molar-refractivity contribution in [3.8, 4) is 0 Å². The number of fused-ring (bicyclic) bond motifs is 1. The van der Waals surface area contributed by atoms with Gasteiger partial charge in [-0.1, -0.05) is 18.2 Å². The number of nitrogens with one attached hydrogen (secondary N) is 1. The zero-order chi connectivity index (χ0) is 17.4. The SMILES string of the molecule is Cc1sc2ccccc2c1CN1CCN(C)[C@]2(CCNC(=O)CC2)C1. The number of carbonyl (C=O) groups excluding carboxylic acids is 1. The third kappa shape index (κ3) is 3.21. The third-order valence-electron chi connectivity index (χ3n) is 6.09. The van der Waals surface area contributed by atoms with Crippen LogP contribution in [0.15, 0.2) is 24.3 Å². The minimum atomic E-state index is 0.136. The van der Waals surface area contributed by atoms with Gasteiger partial charge in [-0.05, 0) is 43.8 Å². The highest BCUT2D eigenvalue weighted by molar-refractivity contribution is 7.19. The highest BCUT2D eigenvalue weighted by Gasteiger charge is 2.40. The molecule has 134 valence electrons. The topological polar surface area (TPSA) is 35.6 Å². The molecule has 1 aromatic heterocycles. The molecule has 3 heterocycles. The van der Waals surface area contributed by atoms with Crippen molar-refractivity contribution in [2.24, 2.45) is 0 Å². The predicted molar refractivity (Wildman–Crippen MR) is 104 cm³/mol. The maximum atomic E-state index is 11.8. The molecule has 0 bridgehead atoms. The van der Waals surface area contributed by atoms with E-state index in [4.69, 9.17) is 0 Å². The van der Waals surface area contributed by atoms with E-state index >= 15 is 0 Å². The first-order valence-electron chi connectivity index (χ1n) is 9.25. The van der Waals surface area contributed by atoms with Gasteiger partial charge >= 0.3 is 0 Å². The van der Waals surface area contributed by atoms with Crippen molar-refractivity contribution in [1.29, 1.82) is 0 Å². The molecule has 4 rings (SSSR count). The van der Waals surface area contributed by atoms with Gasteiger partial charge in [0.2, 0.25) is 5.91 Å². The highest BCUT2D eigenvalue weighted by Crippen LogP contribution is 2.34. The summed E-state index contributed by atoms with van der Waals surface area (Å²) in [5.74, 6) is 0.210. The molecule has 2 saturated heterocycles. The maximum absolute atomic E-state index is 11.8. The van der Waals surface area contributed by atoms with Crippen LogP contribution in [-0.4, -0.2) is 54.5 Å². The standard InChI is InChI=1S/C20H27N3OS/c1-15-17(16-5-3-4-6-18(16)25-15)13-23-12-11-22(2)20(14-23)8-7-19(24)21-10-9-20/h3-6H,7-14H2,1-2H3,(H,21,24)/t20-/m1/s1. The molecule has 0 radical (unpaired) electrons. The van der Waals surface area contributed by atoms with Crippen LogP contribution in [0.4, 0.5) is 0 Å². The largest absolute Gasteiger partial charge is 0.356 e. The van der Waals surface area contributed by atoms with Gasteiger partial charge in [0, 0.05) is 54.3 Å². The minimum Gasteiger partial charge on any atom is -0.356 e. The summed E-state index contributed by atoms with van der Waals surface area (Å²) in [6.07, 6.45) is 2.67. The molecule has 25 heavy (non-hydrogen) atoms. The summed E-state index contributed by atoms with van der Waals surface area (Å²) in [5.41, 5.74) is 1.63. The van der Waals surface area contributed by atoms with Crippen molar-refractivity contribution in [2.45, 2.75) is 38.3 Å². The predicted octanol–water partition coefficient (Wildman–Crippen LogP) is 3.00. The van der Waals surface area contributed by atoms with Gasteiger partial charge in [-0.3, -0.25) is 14.6 Å². The van der Waals surface area contributed by atoms with Gasteiger partial charge < -0.3 is 5.32 Å². The molecule has 1 amide bonds. The average molecular weight is 358 g/mol. The first kappa shape index (κ1) is 17.0. The van der Waals surface area contributed by atoms with Gasteiger partial charge in [0.05, 0.1) is 0 Å². The fraction of sp³-hybridized carbons (Fsp3) is 0.550. The quantitative estimate of drug-likeness (QED) is 0.897. The number of likely N-dealkylation sites (N-methyl/N-ethyl adjacent to an activating group) is 1. The molecular weight excluding hydrogens is 330 g/mol. The normalized spacial score (nSPS) is 26.1. The molecular formula is C20H27N3OS. The first-order valence-corrected chi connectivity index (χ1v) is 10.1. The maximum Gasteiger partial charge on any atom is 0.220 e. The molecule has 2 aliphatic rings. The fourth-order valence-electron chi connectivity index (χ4n) is 4.45. The molecule has 0 unspecified atom stereocenters. The Kier molecular flexibility index (Phi) is 4.56. The van der Waals surface area contributed by atoms with E-state index in [9.17, 15) is 4.79 Å². The van der Waals surface area contributed by atoms with E-state index in [1.807, 2.05) is 11.3 Å². The lowest BCUT2D eigenvalue weighted by atomic mass is 9.86. The van der Waals surface area contributed by atoms with Crippen LogP contribution in [0, 0.1) is 6.92 Å². The van der Waals surface area contributed by atoms with Gasteiger partial charge in [0.15, 0.2) is 0 Å². The molecule has 5 heteroatoms. The lowest BCUT2D eigenvalue weighted by Gasteiger charge is -2.49. The number of hydrogen-bond acceptors (Lipinski definition) is 4. The van der Waals surface area contributed by atoms with E-state index in [0.717, 1.165) is 45.6 Å². The van der Waals surface area contributed by atoms with E-state index in [-0.39, 0.29) is 11.4 Å². The van der Waals surface area contributed by atoms with Crippen LogP contribution in [-0.2, 0) is 11.3 Å². The van der Waals surface area contributed by atoms with Crippen LogP contribution in [0.25, 0.3) is 10.1 Å². The minimum absolute atomic E-state index is 0.136. The Morgan fingerprint density at radius 2 is 2.08 bits per heavy atom. The summed E-state index contributed by atoms with van der Waals surface area (Å²) >= 11 is 1.91. The second-order valence-electron chi connectivity index (χ2n) is 7.59. The second kappa shape index (κ2) is 6.71. The molecule has 1 spiro atoms. The number of aryl methyl sites for hydroxylation is 1. The monoisotopic (exact) mass is 357 g/mol. The molecule has 2 fully saturated rings. The van der Waals surface area contributed by atoms with Crippen LogP contribution in [0.5, 0.6) is 0 Å². The second-order valence-corrected chi connectivity index (χ2v) is 8.85. The van der Waals surface area contributed by atoms with Gasteiger partial charge in [-0.2, -0.15) is 0 Å². The Labute approximate surface area is 153 Å². The lowest BCUT2D eigenvalue weighted by molar-refractivity contribution is -0.121. The third-order valence-corrected chi connectivity index (χ3v) is 7.22. The summed E-state index contributed by atoms with van der Waals surface area (Å²) in [7, 11) is 2.23. The Morgan fingerprint density at radius 1 is 1.24 bits per heavy atom. The van der Waals surface area contributed by atoms with Gasteiger partial charge in [-0.15, -0.1) is 11.3 Å². The summed E-state index contributed by atoms with van der Waals surface area (Å²) < 4.78 is 1.39. The zero-order valence-electron chi connectivity index (χ0n) is 15.2. The van der Waals surface area contributed by atoms with Crippen LogP contribution < -0.4 is 5.32 Å². The van der Waals surface area contributed by atoms with E-state index < -0.39 is 0 Å². The summed E-state index contributed by atoms with van der Waals surface area (Å²) in [6, 6.07) is 8.76. The highest BCUT2D eigenvalue weighted by atomic mass is 32.1. The van der Waals surface area contributed by atoms with Crippen LogP contribution in [0.1, 0.15) is 29.7 Å². The molecule has 0 aliphatic carbocycles. The van der Waals surface area contributed by atoms with Crippen LogP contribution in [0.3, 0.4) is 0 Å². The summed E-state index contributed by atoms with van der Waals surface area (Å²) in [6.45, 7) is 7.31. The lowest BCUT2D eigenvalue weighted by Crippen LogP contribution is -2.60. The molecule has 1 atom stereocenters. The number of amides is 1. The average Bonchev–Trinajstić information content (AvgIpc) is 2.79. The van der Waals surface area contributed by atoms with Gasteiger partial charge in [-0.25, -0.2) is 0 Å².